The second kappa shape index (κ2) is 6.67. The molecule has 0 amide bonds. The Hall–Kier alpha value is -0.580. The maximum atomic E-state index is 3.63. The van der Waals surface area contributed by atoms with Crippen LogP contribution in [0.4, 0.5) is 5.69 Å². The summed E-state index contributed by atoms with van der Waals surface area (Å²) in [6, 6.07) is 7.06. The highest BCUT2D eigenvalue weighted by Gasteiger charge is 2.27. The molecule has 116 valence electrons. The second-order valence-corrected chi connectivity index (χ2v) is 7.36. The minimum absolute atomic E-state index is 0.387. The second-order valence-electron chi connectivity index (χ2n) is 6.44. The van der Waals surface area contributed by atoms with Crippen LogP contribution in [0.15, 0.2) is 22.7 Å². The molecule has 0 radical (unpaired) electrons. The summed E-state index contributed by atoms with van der Waals surface area (Å²) in [5, 5.41) is 3.37. The van der Waals surface area contributed by atoms with Crippen LogP contribution in [0.2, 0.25) is 0 Å². The maximum Gasteiger partial charge on any atom is 0.0426 e. The SMILES string of the molecule is CNC(C)c1ccc(Br)cc1N1CCN(CC2CC2)CC1. The first-order valence-electron chi connectivity index (χ1n) is 8.11. The monoisotopic (exact) mass is 351 g/mol. The Bertz CT molecular complexity index is 479. The molecule has 3 nitrogen and oxygen atoms in total. The average molecular weight is 352 g/mol. The summed E-state index contributed by atoms with van der Waals surface area (Å²) >= 11 is 3.63. The van der Waals surface area contributed by atoms with Crippen molar-refractivity contribution in [3.05, 3.63) is 28.2 Å². The van der Waals surface area contributed by atoms with Crippen LogP contribution in [0.5, 0.6) is 0 Å². The lowest BCUT2D eigenvalue weighted by Crippen LogP contribution is -2.47. The van der Waals surface area contributed by atoms with Crippen molar-refractivity contribution >= 4 is 21.6 Å². The van der Waals surface area contributed by atoms with E-state index in [-0.39, 0.29) is 0 Å². The first-order chi connectivity index (χ1) is 10.2. The predicted octanol–water partition coefficient (Wildman–Crippen LogP) is 3.26. The smallest absolute Gasteiger partial charge is 0.0426 e. The van der Waals surface area contributed by atoms with Crippen LogP contribution in [-0.4, -0.2) is 44.7 Å². The third kappa shape index (κ3) is 3.79. The fourth-order valence-corrected chi connectivity index (χ4v) is 3.50. The first-order valence-corrected chi connectivity index (χ1v) is 8.90. The van der Waals surface area contributed by atoms with Gasteiger partial charge in [-0.25, -0.2) is 0 Å². The standard InChI is InChI=1S/C17H26BrN3/c1-13(19-2)16-6-5-15(18)11-17(16)21-9-7-20(8-10-21)12-14-3-4-14/h5-6,11,13-14,19H,3-4,7-10,12H2,1-2H3. The van der Waals surface area contributed by atoms with E-state index in [1.54, 1.807) is 0 Å². The summed E-state index contributed by atoms with van der Waals surface area (Å²) in [6.07, 6.45) is 2.91. The van der Waals surface area contributed by atoms with Gasteiger partial charge in [0.15, 0.2) is 0 Å². The van der Waals surface area contributed by atoms with Gasteiger partial charge >= 0.3 is 0 Å². The molecule has 1 aromatic rings. The molecule has 1 saturated heterocycles. The van der Waals surface area contributed by atoms with E-state index in [1.165, 1.54) is 48.2 Å². The Morgan fingerprint density at radius 3 is 2.57 bits per heavy atom. The highest BCUT2D eigenvalue weighted by molar-refractivity contribution is 9.10. The van der Waals surface area contributed by atoms with Crippen LogP contribution in [-0.2, 0) is 0 Å². The first kappa shape index (κ1) is 15.3. The van der Waals surface area contributed by atoms with Gasteiger partial charge in [-0.3, -0.25) is 4.90 Å². The van der Waals surface area contributed by atoms with Gasteiger partial charge in [-0.05, 0) is 50.4 Å². The summed E-state index contributed by atoms with van der Waals surface area (Å²) in [4.78, 5) is 5.20. The van der Waals surface area contributed by atoms with Gasteiger partial charge in [0.1, 0.15) is 0 Å². The molecule has 1 aliphatic carbocycles. The van der Waals surface area contributed by atoms with Crippen molar-refractivity contribution < 1.29 is 0 Å². The zero-order chi connectivity index (χ0) is 14.8. The van der Waals surface area contributed by atoms with Gasteiger partial charge in [-0.1, -0.05) is 22.0 Å². The van der Waals surface area contributed by atoms with Gasteiger partial charge < -0.3 is 10.2 Å². The summed E-state index contributed by atoms with van der Waals surface area (Å²) < 4.78 is 1.17. The van der Waals surface area contributed by atoms with E-state index in [0.29, 0.717) is 6.04 Å². The largest absolute Gasteiger partial charge is 0.369 e. The van der Waals surface area contributed by atoms with E-state index in [0.717, 1.165) is 19.0 Å². The molecule has 1 aromatic carbocycles. The molecule has 3 rings (SSSR count). The zero-order valence-corrected chi connectivity index (χ0v) is 14.7. The van der Waals surface area contributed by atoms with Gasteiger partial charge in [0, 0.05) is 48.9 Å². The predicted molar refractivity (Wildman–Crippen MR) is 93.0 cm³/mol. The van der Waals surface area contributed by atoms with Crippen LogP contribution in [0.1, 0.15) is 31.4 Å². The summed E-state index contributed by atoms with van der Waals surface area (Å²) in [7, 11) is 2.03. The highest BCUT2D eigenvalue weighted by Crippen LogP contribution is 2.32. The normalized spacial score (nSPS) is 21.6. The number of anilines is 1. The van der Waals surface area contributed by atoms with Crippen molar-refractivity contribution in [1.29, 1.82) is 0 Å². The molecule has 0 bridgehead atoms. The Balaban J connectivity index is 1.69. The molecule has 4 heteroatoms. The molecule has 1 N–H and O–H groups in total. The Labute approximate surface area is 136 Å². The number of hydrogen-bond acceptors (Lipinski definition) is 3. The molecule has 21 heavy (non-hydrogen) atoms. The average Bonchev–Trinajstić information content (AvgIpc) is 3.31. The van der Waals surface area contributed by atoms with Crippen molar-refractivity contribution in [1.82, 2.24) is 10.2 Å². The van der Waals surface area contributed by atoms with Crippen molar-refractivity contribution in [2.45, 2.75) is 25.8 Å². The summed E-state index contributed by atoms with van der Waals surface area (Å²) in [5.41, 5.74) is 2.79. The number of hydrogen-bond donors (Lipinski definition) is 1. The van der Waals surface area contributed by atoms with E-state index >= 15 is 0 Å². The van der Waals surface area contributed by atoms with Crippen molar-refractivity contribution in [2.75, 3.05) is 44.7 Å². The third-order valence-electron chi connectivity index (χ3n) is 4.82. The molecular formula is C17H26BrN3. The lowest BCUT2D eigenvalue weighted by molar-refractivity contribution is 0.248. The topological polar surface area (TPSA) is 18.5 Å². The molecule has 1 saturated carbocycles. The Morgan fingerprint density at radius 2 is 1.95 bits per heavy atom. The minimum atomic E-state index is 0.387. The number of rotatable bonds is 5. The molecule has 1 unspecified atom stereocenters. The van der Waals surface area contributed by atoms with Crippen LogP contribution in [0.3, 0.4) is 0 Å². The van der Waals surface area contributed by atoms with Crippen molar-refractivity contribution in [3.63, 3.8) is 0 Å². The van der Waals surface area contributed by atoms with Crippen LogP contribution in [0.25, 0.3) is 0 Å². The van der Waals surface area contributed by atoms with Crippen LogP contribution in [0, 0.1) is 5.92 Å². The Kier molecular flexibility index (Phi) is 4.87. The zero-order valence-electron chi connectivity index (χ0n) is 13.1. The van der Waals surface area contributed by atoms with E-state index in [9.17, 15) is 0 Å². The molecule has 0 spiro atoms. The van der Waals surface area contributed by atoms with Gasteiger partial charge in [0.2, 0.25) is 0 Å². The maximum absolute atomic E-state index is 3.63. The number of nitrogens with one attached hydrogen (secondary N) is 1. The summed E-state index contributed by atoms with van der Waals surface area (Å²) in [5.74, 6) is 1.00. The highest BCUT2D eigenvalue weighted by atomic mass is 79.9. The van der Waals surface area contributed by atoms with Crippen molar-refractivity contribution in [2.24, 2.45) is 5.92 Å². The van der Waals surface area contributed by atoms with Gasteiger partial charge in [-0.2, -0.15) is 0 Å². The number of nitrogens with zero attached hydrogens (tertiary/aromatic N) is 2. The number of benzene rings is 1. The lowest BCUT2D eigenvalue weighted by Gasteiger charge is -2.37. The quantitative estimate of drug-likeness (QED) is 0.878. The Morgan fingerprint density at radius 1 is 1.24 bits per heavy atom. The van der Waals surface area contributed by atoms with E-state index < -0.39 is 0 Å². The molecule has 1 heterocycles. The van der Waals surface area contributed by atoms with Gasteiger partial charge in [0.25, 0.3) is 0 Å². The number of piperazine rings is 1. The van der Waals surface area contributed by atoms with E-state index in [2.05, 4.69) is 56.2 Å². The molecule has 2 fully saturated rings. The number of halogens is 1. The van der Waals surface area contributed by atoms with Gasteiger partial charge in [-0.15, -0.1) is 0 Å². The molecule has 1 atom stereocenters. The van der Waals surface area contributed by atoms with Crippen LogP contribution >= 0.6 is 15.9 Å². The van der Waals surface area contributed by atoms with Crippen molar-refractivity contribution in [3.8, 4) is 0 Å². The fourth-order valence-electron chi connectivity index (χ4n) is 3.15. The van der Waals surface area contributed by atoms with E-state index in [1.807, 2.05) is 7.05 Å². The van der Waals surface area contributed by atoms with Crippen LogP contribution < -0.4 is 10.2 Å². The third-order valence-corrected chi connectivity index (χ3v) is 5.31. The lowest BCUT2D eigenvalue weighted by atomic mass is 10.0. The molecular weight excluding hydrogens is 326 g/mol. The molecule has 0 aromatic heterocycles. The fraction of sp³-hybridized carbons (Fsp3) is 0.647. The van der Waals surface area contributed by atoms with E-state index in [4.69, 9.17) is 0 Å². The summed E-state index contributed by atoms with van der Waals surface area (Å²) in [6.45, 7) is 8.26. The molecule has 1 aliphatic heterocycles. The molecule has 2 aliphatic rings. The minimum Gasteiger partial charge on any atom is -0.369 e. The van der Waals surface area contributed by atoms with Gasteiger partial charge in [0.05, 0.1) is 0 Å².